The van der Waals surface area contributed by atoms with Crippen LogP contribution in [0, 0.1) is 0 Å². The Balaban J connectivity index is 2.06. The third-order valence-corrected chi connectivity index (χ3v) is 4.22. The topological polar surface area (TPSA) is 74.1 Å². The number of benzene rings is 1. The number of carbonyl (C=O) groups is 2. The van der Waals surface area contributed by atoms with Gasteiger partial charge in [0.25, 0.3) is 5.82 Å². The van der Waals surface area contributed by atoms with E-state index in [4.69, 9.17) is 4.74 Å². The lowest BCUT2D eigenvalue weighted by Crippen LogP contribution is -2.13. The van der Waals surface area contributed by atoms with E-state index < -0.39 is 24.3 Å². The Morgan fingerprint density at radius 1 is 1.22 bits per heavy atom. The maximum Gasteiger partial charge on any atom is 0.416 e. The van der Waals surface area contributed by atoms with Crippen LogP contribution < -0.4 is 0 Å². The van der Waals surface area contributed by atoms with E-state index in [1.54, 1.807) is 17.5 Å². The van der Waals surface area contributed by atoms with Crippen molar-refractivity contribution in [3.8, 4) is 16.4 Å². The molecule has 0 fully saturated rings. The highest BCUT2D eigenvalue weighted by Gasteiger charge is 2.31. The van der Waals surface area contributed by atoms with E-state index in [2.05, 4.69) is 10.1 Å². The SMILES string of the molecule is CC(=O)COC(=O)c1nc(-c2cccs2)n(-c2cccc(C(F)(F)F)c2)n1. The summed E-state index contributed by atoms with van der Waals surface area (Å²) in [5, 5.41) is 5.75. The van der Waals surface area contributed by atoms with Crippen molar-refractivity contribution in [3.05, 3.63) is 53.2 Å². The highest BCUT2D eigenvalue weighted by molar-refractivity contribution is 7.13. The fourth-order valence-electron chi connectivity index (χ4n) is 2.19. The maximum atomic E-state index is 13.0. The summed E-state index contributed by atoms with van der Waals surface area (Å²) in [5.41, 5.74) is -0.764. The van der Waals surface area contributed by atoms with Crippen LogP contribution in [-0.4, -0.2) is 33.1 Å². The van der Waals surface area contributed by atoms with Gasteiger partial charge in [-0.2, -0.15) is 18.2 Å². The number of Topliss-reactive ketones (excluding diaryl/α,β-unsaturated/α-hetero) is 1. The summed E-state index contributed by atoms with van der Waals surface area (Å²) < 4.78 is 45.0. The van der Waals surface area contributed by atoms with Crippen molar-refractivity contribution >= 4 is 23.1 Å². The predicted octanol–water partition coefficient (Wildman–Crippen LogP) is 3.76. The van der Waals surface area contributed by atoms with Crippen molar-refractivity contribution in [2.24, 2.45) is 0 Å². The smallest absolute Gasteiger partial charge is 0.416 e. The number of esters is 1. The molecule has 10 heteroatoms. The number of nitrogens with zero attached hydrogens (tertiary/aromatic N) is 3. The molecule has 27 heavy (non-hydrogen) atoms. The number of thiophene rings is 1. The van der Waals surface area contributed by atoms with E-state index in [1.807, 2.05) is 0 Å². The molecule has 6 nitrogen and oxygen atoms in total. The van der Waals surface area contributed by atoms with Crippen LogP contribution in [0.4, 0.5) is 13.2 Å². The highest BCUT2D eigenvalue weighted by Crippen LogP contribution is 2.32. The van der Waals surface area contributed by atoms with Crippen molar-refractivity contribution in [1.82, 2.24) is 14.8 Å². The van der Waals surface area contributed by atoms with Crippen LogP contribution in [0.2, 0.25) is 0 Å². The molecule has 3 aromatic rings. The first-order chi connectivity index (χ1) is 12.8. The average molecular weight is 395 g/mol. The summed E-state index contributed by atoms with van der Waals surface area (Å²) in [5.74, 6) is -1.45. The van der Waals surface area contributed by atoms with Crippen LogP contribution in [0.3, 0.4) is 0 Å². The molecular formula is C17H12F3N3O3S. The third kappa shape index (κ3) is 4.22. The molecule has 0 saturated carbocycles. The number of ketones is 1. The number of aromatic nitrogens is 3. The first-order valence-corrected chi connectivity index (χ1v) is 8.49. The summed E-state index contributed by atoms with van der Waals surface area (Å²) >= 11 is 1.29. The minimum atomic E-state index is -4.52. The van der Waals surface area contributed by atoms with Gasteiger partial charge >= 0.3 is 12.1 Å². The number of carbonyl (C=O) groups excluding carboxylic acids is 2. The Kier molecular flexibility index (Phi) is 5.08. The lowest BCUT2D eigenvalue weighted by atomic mass is 10.2. The van der Waals surface area contributed by atoms with Gasteiger partial charge < -0.3 is 4.74 Å². The second-order valence-electron chi connectivity index (χ2n) is 5.47. The zero-order chi connectivity index (χ0) is 19.6. The van der Waals surface area contributed by atoms with Crippen LogP contribution in [0.25, 0.3) is 16.4 Å². The van der Waals surface area contributed by atoms with Gasteiger partial charge in [-0.15, -0.1) is 16.4 Å². The Morgan fingerprint density at radius 3 is 2.63 bits per heavy atom. The van der Waals surface area contributed by atoms with E-state index in [9.17, 15) is 22.8 Å². The summed E-state index contributed by atoms with van der Waals surface area (Å²) in [4.78, 5) is 27.7. The number of hydrogen-bond donors (Lipinski definition) is 0. The standard InChI is InChI=1S/C17H12F3N3O3S/c1-10(24)9-26-16(25)14-21-15(13-6-3-7-27-13)23(22-14)12-5-2-4-11(8-12)17(18,19)20/h2-8H,9H2,1H3. The lowest BCUT2D eigenvalue weighted by molar-refractivity contribution is -0.137. The van der Waals surface area contributed by atoms with Crippen molar-refractivity contribution in [2.45, 2.75) is 13.1 Å². The Labute approximate surface area is 155 Å². The average Bonchev–Trinajstić information content (AvgIpc) is 3.28. The van der Waals surface area contributed by atoms with Crippen LogP contribution in [0.1, 0.15) is 23.1 Å². The van der Waals surface area contributed by atoms with Gasteiger partial charge in [0.15, 0.2) is 11.6 Å². The number of ether oxygens (including phenoxy) is 1. The van der Waals surface area contributed by atoms with Gasteiger partial charge in [-0.1, -0.05) is 12.1 Å². The van der Waals surface area contributed by atoms with Gasteiger partial charge in [-0.3, -0.25) is 4.79 Å². The quantitative estimate of drug-likeness (QED) is 0.615. The molecule has 0 unspecified atom stereocenters. The Morgan fingerprint density at radius 2 is 2.00 bits per heavy atom. The molecule has 2 heterocycles. The monoisotopic (exact) mass is 395 g/mol. The number of halogens is 3. The number of alkyl halides is 3. The molecule has 0 saturated heterocycles. The summed E-state index contributed by atoms with van der Waals surface area (Å²) in [6.07, 6.45) is -4.52. The zero-order valence-corrected chi connectivity index (χ0v) is 14.7. The van der Waals surface area contributed by atoms with Crippen LogP contribution >= 0.6 is 11.3 Å². The fourth-order valence-corrected chi connectivity index (χ4v) is 2.89. The van der Waals surface area contributed by atoms with Crippen LogP contribution in [-0.2, 0) is 15.7 Å². The molecular weight excluding hydrogens is 383 g/mol. The molecule has 2 aromatic heterocycles. The van der Waals surface area contributed by atoms with Gasteiger partial charge in [0.05, 0.1) is 16.1 Å². The first-order valence-electron chi connectivity index (χ1n) is 7.61. The molecule has 0 aliphatic carbocycles. The summed E-state index contributed by atoms with van der Waals surface area (Å²) in [6.45, 7) is 0.810. The van der Waals surface area contributed by atoms with Gasteiger partial charge in [0.2, 0.25) is 0 Å². The normalized spacial score (nSPS) is 11.4. The lowest BCUT2D eigenvalue weighted by Gasteiger charge is -2.09. The summed E-state index contributed by atoms with van der Waals surface area (Å²) in [6, 6.07) is 7.95. The van der Waals surface area contributed by atoms with Gasteiger partial charge in [-0.05, 0) is 36.6 Å². The molecule has 3 rings (SSSR count). The molecule has 0 aliphatic heterocycles. The van der Waals surface area contributed by atoms with Gasteiger partial charge in [0, 0.05) is 0 Å². The van der Waals surface area contributed by atoms with Crippen molar-refractivity contribution < 1.29 is 27.5 Å². The Bertz CT molecular complexity index is 981. The minimum absolute atomic E-state index is 0.0892. The predicted molar refractivity (Wildman–Crippen MR) is 90.6 cm³/mol. The molecule has 0 amide bonds. The van der Waals surface area contributed by atoms with Gasteiger partial charge in [0.1, 0.15) is 6.61 Å². The van der Waals surface area contributed by atoms with Crippen LogP contribution in [0.5, 0.6) is 0 Å². The second kappa shape index (κ2) is 7.31. The fraction of sp³-hybridized carbons (Fsp3) is 0.176. The minimum Gasteiger partial charge on any atom is -0.452 e. The zero-order valence-electron chi connectivity index (χ0n) is 13.9. The Hall–Kier alpha value is -3.01. The molecule has 0 spiro atoms. The van der Waals surface area contributed by atoms with Crippen molar-refractivity contribution in [3.63, 3.8) is 0 Å². The molecule has 0 radical (unpaired) electrons. The number of rotatable bonds is 5. The van der Waals surface area contributed by atoms with E-state index in [0.29, 0.717) is 4.88 Å². The molecule has 0 aliphatic rings. The molecule has 0 bridgehead atoms. The highest BCUT2D eigenvalue weighted by atomic mass is 32.1. The molecule has 1 aromatic carbocycles. The number of hydrogen-bond acceptors (Lipinski definition) is 6. The van der Waals surface area contributed by atoms with E-state index in [-0.39, 0.29) is 23.1 Å². The molecule has 0 N–H and O–H groups in total. The van der Waals surface area contributed by atoms with Gasteiger partial charge in [-0.25, -0.2) is 9.48 Å². The largest absolute Gasteiger partial charge is 0.452 e. The van der Waals surface area contributed by atoms with Crippen LogP contribution in [0.15, 0.2) is 41.8 Å². The van der Waals surface area contributed by atoms with E-state index in [0.717, 1.165) is 16.8 Å². The molecule has 0 atom stereocenters. The van der Waals surface area contributed by atoms with E-state index in [1.165, 1.54) is 30.4 Å². The first kappa shape index (κ1) is 18.8. The maximum absolute atomic E-state index is 13.0. The molecule has 140 valence electrons. The van der Waals surface area contributed by atoms with Crippen molar-refractivity contribution in [2.75, 3.05) is 6.61 Å². The van der Waals surface area contributed by atoms with Crippen molar-refractivity contribution in [1.29, 1.82) is 0 Å². The van der Waals surface area contributed by atoms with E-state index >= 15 is 0 Å². The summed E-state index contributed by atoms with van der Waals surface area (Å²) in [7, 11) is 0. The second-order valence-corrected chi connectivity index (χ2v) is 6.42. The third-order valence-electron chi connectivity index (χ3n) is 3.36.